The van der Waals surface area contributed by atoms with Gasteiger partial charge in [0.1, 0.15) is 11.2 Å². The Hall–Kier alpha value is -6.07. The highest BCUT2D eigenvalue weighted by molar-refractivity contribution is 6.13. The van der Waals surface area contributed by atoms with Crippen LogP contribution < -0.4 is 0 Å². The van der Waals surface area contributed by atoms with E-state index in [0.717, 1.165) is 38.3 Å². The number of rotatable bonds is 4. The monoisotopic (exact) mass is 569 g/mol. The van der Waals surface area contributed by atoms with Crippen molar-refractivity contribution in [1.82, 2.24) is 19.5 Å². The Morgan fingerprint density at radius 1 is 0.523 bits per heavy atom. The molecule has 0 saturated heterocycles. The second-order valence-electron chi connectivity index (χ2n) is 10.5. The van der Waals surface area contributed by atoms with Gasteiger partial charge in [0.05, 0.1) is 17.9 Å². The Morgan fingerprint density at radius 3 is 1.93 bits per heavy atom. The maximum atomic E-state index is 8.65. The molecule has 9 rings (SSSR count). The standard InChI is InChI=1S/C39H24N4O/c1-3-12-25(13-4-1)37-40-38(26-14-5-2-6-15-26)42-39(41-37)30-18-11-21-35-36(30)31-24-27(22-23-34(31)44-35)43-32-19-9-7-16-28(32)29-17-8-10-20-33(29)43/h1-24H/i1D,3D,4D,12D,13D. The topological polar surface area (TPSA) is 56.7 Å². The lowest BCUT2D eigenvalue weighted by Crippen LogP contribution is -2.00. The molecule has 206 valence electrons. The van der Waals surface area contributed by atoms with Crippen LogP contribution in [0.25, 0.3) is 83.6 Å². The Morgan fingerprint density at radius 2 is 1.18 bits per heavy atom. The van der Waals surface area contributed by atoms with Crippen molar-refractivity contribution >= 4 is 43.7 Å². The van der Waals surface area contributed by atoms with Crippen molar-refractivity contribution < 1.29 is 11.3 Å². The van der Waals surface area contributed by atoms with Gasteiger partial charge >= 0.3 is 0 Å². The van der Waals surface area contributed by atoms with E-state index in [1.807, 2.05) is 66.7 Å². The zero-order chi connectivity index (χ0) is 33.4. The molecule has 0 bridgehead atoms. The number of fused-ring (bicyclic) bond motifs is 6. The van der Waals surface area contributed by atoms with Crippen LogP contribution in [0.3, 0.4) is 0 Å². The van der Waals surface area contributed by atoms with Crippen molar-refractivity contribution in [1.29, 1.82) is 0 Å². The van der Waals surface area contributed by atoms with Crippen molar-refractivity contribution in [2.24, 2.45) is 0 Å². The van der Waals surface area contributed by atoms with Crippen molar-refractivity contribution in [3.63, 3.8) is 0 Å². The molecule has 0 aliphatic rings. The zero-order valence-electron chi connectivity index (χ0n) is 28.2. The molecule has 0 aliphatic heterocycles. The molecule has 0 unspecified atom stereocenters. The predicted molar refractivity (Wildman–Crippen MR) is 178 cm³/mol. The molecule has 0 atom stereocenters. The number of para-hydroxylation sites is 2. The van der Waals surface area contributed by atoms with Crippen LogP contribution in [-0.2, 0) is 0 Å². The van der Waals surface area contributed by atoms with Crippen LogP contribution >= 0.6 is 0 Å². The fourth-order valence-electron chi connectivity index (χ4n) is 6.03. The first kappa shape index (κ1) is 19.9. The lowest BCUT2D eigenvalue weighted by Gasteiger charge is -2.10. The maximum absolute atomic E-state index is 8.65. The van der Waals surface area contributed by atoms with Gasteiger partial charge in [-0.2, -0.15) is 0 Å². The Labute approximate surface area is 259 Å². The summed E-state index contributed by atoms with van der Waals surface area (Å²) in [6, 6.07) is 35.7. The van der Waals surface area contributed by atoms with Crippen LogP contribution in [-0.4, -0.2) is 19.5 Å². The smallest absolute Gasteiger partial charge is 0.164 e. The number of aromatic nitrogens is 4. The van der Waals surface area contributed by atoms with Gasteiger partial charge in [-0.3, -0.25) is 0 Å². The van der Waals surface area contributed by atoms with Gasteiger partial charge in [-0.25, -0.2) is 15.0 Å². The van der Waals surface area contributed by atoms with Gasteiger partial charge in [0.2, 0.25) is 0 Å². The van der Waals surface area contributed by atoms with Gasteiger partial charge in [0, 0.05) is 43.9 Å². The maximum Gasteiger partial charge on any atom is 0.164 e. The highest BCUT2D eigenvalue weighted by Crippen LogP contribution is 2.39. The van der Waals surface area contributed by atoms with E-state index in [2.05, 4.69) is 58.1 Å². The van der Waals surface area contributed by atoms with E-state index >= 15 is 0 Å². The SMILES string of the molecule is [2H]c1c([2H])c([2H])c(-c2nc(-c3ccccc3)nc(-c3cccc4oc5ccc(-n6c7ccccc7c7ccccc76)cc5c34)n2)c([2H])c1[2H]. The molecule has 0 amide bonds. The summed E-state index contributed by atoms with van der Waals surface area (Å²) in [6.45, 7) is 0. The fourth-order valence-corrected chi connectivity index (χ4v) is 6.03. The molecule has 3 aromatic heterocycles. The van der Waals surface area contributed by atoms with Crippen LogP contribution in [0.1, 0.15) is 6.85 Å². The largest absolute Gasteiger partial charge is 0.456 e. The lowest BCUT2D eigenvalue weighted by molar-refractivity contribution is 0.669. The molecule has 5 heteroatoms. The first-order chi connectivity index (χ1) is 23.9. The molecule has 0 N–H and O–H groups in total. The van der Waals surface area contributed by atoms with E-state index in [9.17, 15) is 0 Å². The minimum Gasteiger partial charge on any atom is -0.456 e. The number of hydrogen-bond acceptors (Lipinski definition) is 4. The molecule has 44 heavy (non-hydrogen) atoms. The van der Waals surface area contributed by atoms with Gasteiger partial charge in [-0.15, -0.1) is 0 Å². The van der Waals surface area contributed by atoms with E-state index in [-0.39, 0.29) is 29.3 Å². The summed E-state index contributed by atoms with van der Waals surface area (Å²) < 4.78 is 50.6. The number of nitrogens with zero attached hydrogens (tertiary/aromatic N) is 4. The summed E-state index contributed by atoms with van der Waals surface area (Å²) in [7, 11) is 0. The van der Waals surface area contributed by atoms with Crippen molar-refractivity contribution in [3.05, 3.63) is 145 Å². The summed E-state index contributed by atoms with van der Waals surface area (Å²) in [5.74, 6) is 0.575. The van der Waals surface area contributed by atoms with Gasteiger partial charge in [-0.05, 0) is 36.4 Å². The second kappa shape index (κ2) is 9.75. The Balaban J connectivity index is 1.32. The molecular weight excluding hydrogens is 540 g/mol. The van der Waals surface area contributed by atoms with Crippen molar-refractivity contribution in [3.8, 4) is 39.9 Å². The van der Waals surface area contributed by atoms with E-state index in [0.29, 0.717) is 28.1 Å². The quantitative estimate of drug-likeness (QED) is 0.212. The van der Waals surface area contributed by atoms with Crippen LogP contribution in [0.4, 0.5) is 0 Å². The average Bonchev–Trinajstić information content (AvgIpc) is 3.69. The lowest BCUT2D eigenvalue weighted by atomic mass is 10.0. The summed E-state index contributed by atoms with van der Waals surface area (Å²) in [5.41, 5.74) is 5.72. The van der Waals surface area contributed by atoms with Crippen LogP contribution in [0.15, 0.2) is 150 Å². The third-order valence-electron chi connectivity index (χ3n) is 7.95. The van der Waals surface area contributed by atoms with Gasteiger partial charge < -0.3 is 8.98 Å². The third kappa shape index (κ3) is 3.83. The fraction of sp³-hybridized carbons (Fsp3) is 0. The van der Waals surface area contributed by atoms with Crippen LogP contribution in [0.5, 0.6) is 0 Å². The van der Waals surface area contributed by atoms with Crippen LogP contribution in [0, 0.1) is 0 Å². The van der Waals surface area contributed by atoms with Crippen molar-refractivity contribution in [2.75, 3.05) is 0 Å². The van der Waals surface area contributed by atoms with Gasteiger partial charge in [0.25, 0.3) is 0 Å². The molecule has 0 fully saturated rings. The molecular formula is C39H24N4O. The highest BCUT2D eigenvalue weighted by Gasteiger charge is 2.19. The zero-order valence-corrected chi connectivity index (χ0v) is 23.2. The van der Waals surface area contributed by atoms with Gasteiger partial charge in [0.15, 0.2) is 17.5 Å². The van der Waals surface area contributed by atoms with Crippen molar-refractivity contribution in [2.45, 2.75) is 0 Å². The number of benzene rings is 6. The molecule has 3 heterocycles. The second-order valence-corrected chi connectivity index (χ2v) is 10.5. The molecule has 9 aromatic rings. The third-order valence-corrected chi connectivity index (χ3v) is 7.95. The van der Waals surface area contributed by atoms with E-state index in [1.165, 1.54) is 0 Å². The first-order valence-corrected chi connectivity index (χ1v) is 14.2. The molecule has 0 saturated carbocycles. The minimum absolute atomic E-state index is 0.0170. The summed E-state index contributed by atoms with van der Waals surface area (Å²) >= 11 is 0. The normalized spacial score (nSPS) is 13.2. The highest BCUT2D eigenvalue weighted by atomic mass is 16.3. The summed E-state index contributed by atoms with van der Waals surface area (Å²) in [6.07, 6.45) is 0. The van der Waals surface area contributed by atoms with E-state index in [1.54, 1.807) is 0 Å². The summed E-state index contributed by atoms with van der Waals surface area (Å²) in [4.78, 5) is 14.3. The number of furan rings is 1. The predicted octanol–water partition coefficient (Wildman–Crippen LogP) is 9.87. The minimum atomic E-state index is -0.481. The first-order valence-electron chi connectivity index (χ1n) is 16.7. The molecule has 0 spiro atoms. The Kier molecular flexibility index (Phi) is 4.42. The molecule has 5 nitrogen and oxygen atoms in total. The Bertz CT molecular complexity index is 2710. The molecule has 0 radical (unpaired) electrons. The van der Waals surface area contributed by atoms with Gasteiger partial charge in [-0.1, -0.05) is 109 Å². The van der Waals surface area contributed by atoms with E-state index < -0.39 is 18.1 Å². The molecule has 0 aliphatic carbocycles. The average molecular weight is 570 g/mol. The van der Waals surface area contributed by atoms with E-state index in [4.69, 9.17) is 21.2 Å². The van der Waals surface area contributed by atoms with Crippen LogP contribution in [0.2, 0.25) is 0 Å². The number of hydrogen-bond donors (Lipinski definition) is 0. The molecule has 6 aromatic carbocycles. The summed E-state index contributed by atoms with van der Waals surface area (Å²) in [5, 5.41) is 3.97.